The zero-order chi connectivity index (χ0) is 23.1. The molecule has 1 heterocycles. The van der Waals surface area contributed by atoms with Crippen LogP contribution in [0.4, 0.5) is 30.7 Å². The Labute approximate surface area is 170 Å². The maximum atomic E-state index is 14.3. The average molecular weight is 468 g/mol. The number of alkyl halides is 5. The summed E-state index contributed by atoms with van der Waals surface area (Å²) < 4.78 is 120. The molecule has 1 aromatic heterocycles. The molecule has 13 heteroatoms. The summed E-state index contributed by atoms with van der Waals surface area (Å²) in [5.74, 6) is -3.65. The summed E-state index contributed by atoms with van der Waals surface area (Å²) >= 11 is 0. The van der Waals surface area contributed by atoms with E-state index in [4.69, 9.17) is 0 Å². The zero-order valence-electron chi connectivity index (χ0n) is 15.3. The van der Waals surface area contributed by atoms with E-state index in [1.54, 1.807) is 0 Å². The molecule has 0 atom stereocenters. The molecular formula is C18H11F7N2O3S. The van der Waals surface area contributed by atoms with Crippen molar-refractivity contribution >= 4 is 9.84 Å². The Morgan fingerprint density at radius 3 is 2.16 bits per heavy atom. The number of nitrogens with zero attached hydrogens (tertiary/aromatic N) is 2. The smallest absolute Gasteiger partial charge is 0.406 e. The fraction of sp³-hybridized carbons (Fsp3) is 0.167. The molecule has 0 amide bonds. The average Bonchev–Trinajstić information content (AvgIpc) is 3.04. The van der Waals surface area contributed by atoms with E-state index in [0.717, 1.165) is 24.3 Å². The standard InChI is InChI=1S/C18H11F7N2O3S/c1-31(28,29)16-12(19)6-10(7-13(16)20)27-15(8-14(26-27)17(21)22)9-3-2-4-11(5-9)30-18(23,24)25/h2-8,17H,1H3. The first-order valence-electron chi connectivity index (χ1n) is 8.20. The summed E-state index contributed by atoms with van der Waals surface area (Å²) in [5, 5.41) is 3.56. The number of hydrogen-bond acceptors (Lipinski definition) is 4. The van der Waals surface area contributed by atoms with Crippen LogP contribution in [0.25, 0.3) is 16.9 Å². The first-order chi connectivity index (χ1) is 14.3. The summed E-state index contributed by atoms with van der Waals surface area (Å²) in [4.78, 5) is -1.22. The Hall–Kier alpha value is -3.09. The largest absolute Gasteiger partial charge is 0.573 e. The van der Waals surface area contributed by atoms with Gasteiger partial charge in [0, 0.05) is 24.0 Å². The van der Waals surface area contributed by atoms with Gasteiger partial charge in [0.15, 0.2) is 9.84 Å². The lowest BCUT2D eigenvalue weighted by Gasteiger charge is -2.12. The zero-order valence-corrected chi connectivity index (χ0v) is 16.1. The SMILES string of the molecule is CS(=O)(=O)c1c(F)cc(-n2nc(C(F)F)cc2-c2cccc(OC(F)(F)F)c2)cc1F. The van der Waals surface area contributed by atoms with Gasteiger partial charge in [0.25, 0.3) is 6.43 Å². The molecule has 3 rings (SSSR count). The minimum Gasteiger partial charge on any atom is -0.406 e. The maximum Gasteiger partial charge on any atom is 0.573 e. The fourth-order valence-corrected chi connectivity index (χ4v) is 3.61. The van der Waals surface area contributed by atoms with Gasteiger partial charge in [0.05, 0.1) is 11.4 Å². The molecule has 2 aromatic carbocycles. The Morgan fingerprint density at radius 2 is 1.65 bits per heavy atom. The van der Waals surface area contributed by atoms with Crippen molar-refractivity contribution in [3.05, 3.63) is 59.8 Å². The normalized spacial score (nSPS) is 12.4. The van der Waals surface area contributed by atoms with Crippen LogP contribution in [0.2, 0.25) is 0 Å². The molecule has 0 bridgehead atoms. The summed E-state index contributed by atoms with van der Waals surface area (Å²) in [5.41, 5.74) is -1.63. The molecule has 0 unspecified atom stereocenters. The Balaban J connectivity index is 2.19. The molecule has 0 saturated heterocycles. The Kier molecular flexibility index (Phi) is 5.74. The second-order valence-corrected chi connectivity index (χ2v) is 8.21. The van der Waals surface area contributed by atoms with Crippen LogP contribution >= 0.6 is 0 Å². The molecule has 31 heavy (non-hydrogen) atoms. The van der Waals surface area contributed by atoms with Crippen molar-refractivity contribution in [3.63, 3.8) is 0 Å². The predicted octanol–water partition coefficient (Wildman–Crippen LogP) is 5.06. The molecule has 0 N–H and O–H groups in total. The number of benzene rings is 2. The second-order valence-electron chi connectivity index (χ2n) is 6.25. The van der Waals surface area contributed by atoms with Crippen LogP contribution < -0.4 is 4.74 Å². The van der Waals surface area contributed by atoms with Crippen LogP contribution in [0.5, 0.6) is 5.75 Å². The molecule has 0 saturated carbocycles. The number of ether oxygens (including phenoxy) is 1. The lowest BCUT2D eigenvalue weighted by molar-refractivity contribution is -0.274. The third kappa shape index (κ3) is 4.98. The molecule has 0 fully saturated rings. The van der Waals surface area contributed by atoms with Crippen LogP contribution in [0.1, 0.15) is 12.1 Å². The minimum atomic E-state index is -5.01. The highest BCUT2D eigenvalue weighted by Gasteiger charge is 2.31. The first kappa shape index (κ1) is 22.6. The van der Waals surface area contributed by atoms with Crippen molar-refractivity contribution in [2.75, 3.05) is 6.26 Å². The Morgan fingerprint density at radius 1 is 1.03 bits per heavy atom. The quantitative estimate of drug-likeness (QED) is 0.492. The van der Waals surface area contributed by atoms with Crippen LogP contribution in [-0.4, -0.2) is 30.8 Å². The summed E-state index contributed by atoms with van der Waals surface area (Å²) in [6, 6.07) is 6.15. The van der Waals surface area contributed by atoms with Crippen LogP contribution in [0, 0.1) is 11.6 Å². The molecule has 3 aromatic rings. The highest BCUT2D eigenvalue weighted by Crippen LogP contribution is 2.33. The van der Waals surface area contributed by atoms with Gasteiger partial charge in [0.1, 0.15) is 28.0 Å². The van der Waals surface area contributed by atoms with Crippen molar-refractivity contribution in [1.29, 1.82) is 0 Å². The van der Waals surface area contributed by atoms with E-state index < -0.39 is 56.3 Å². The van der Waals surface area contributed by atoms with Gasteiger partial charge in [-0.3, -0.25) is 0 Å². The lowest BCUT2D eigenvalue weighted by Crippen LogP contribution is -2.17. The van der Waals surface area contributed by atoms with Gasteiger partial charge in [-0.15, -0.1) is 13.2 Å². The molecular weight excluding hydrogens is 457 g/mol. The maximum absolute atomic E-state index is 14.3. The van der Waals surface area contributed by atoms with E-state index >= 15 is 0 Å². The van der Waals surface area contributed by atoms with E-state index in [1.807, 2.05) is 0 Å². The summed E-state index contributed by atoms with van der Waals surface area (Å²) in [6.45, 7) is 0. The van der Waals surface area contributed by atoms with Crippen LogP contribution in [0.15, 0.2) is 47.4 Å². The van der Waals surface area contributed by atoms with Gasteiger partial charge in [-0.05, 0) is 18.2 Å². The summed E-state index contributed by atoms with van der Waals surface area (Å²) in [6.07, 6.45) is -7.55. The molecule has 0 aliphatic carbocycles. The van der Waals surface area contributed by atoms with Gasteiger partial charge < -0.3 is 4.74 Å². The van der Waals surface area contributed by atoms with E-state index in [-0.39, 0.29) is 11.3 Å². The second kappa shape index (κ2) is 7.87. The Bertz CT molecular complexity index is 1210. The predicted molar refractivity (Wildman–Crippen MR) is 93.7 cm³/mol. The molecule has 0 spiro atoms. The topological polar surface area (TPSA) is 61.2 Å². The monoisotopic (exact) mass is 468 g/mol. The van der Waals surface area contributed by atoms with E-state index in [1.165, 1.54) is 6.07 Å². The molecule has 166 valence electrons. The highest BCUT2D eigenvalue weighted by molar-refractivity contribution is 7.90. The third-order valence-electron chi connectivity index (χ3n) is 3.91. The lowest BCUT2D eigenvalue weighted by atomic mass is 10.1. The van der Waals surface area contributed by atoms with E-state index in [0.29, 0.717) is 23.1 Å². The third-order valence-corrected chi connectivity index (χ3v) is 5.05. The number of aromatic nitrogens is 2. The van der Waals surface area contributed by atoms with Crippen molar-refractivity contribution in [3.8, 4) is 22.7 Å². The molecule has 0 radical (unpaired) electrons. The van der Waals surface area contributed by atoms with Gasteiger partial charge in [-0.1, -0.05) is 12.1 Å². The van der Waals surface area contributed by atoms with E-state index in [9.17, 15) is 39.2 Å². The number of hydrogen-bond donors (Lipinski definition) is 0. The minimum absolute atomic E-state index is 0.0887. The first-order valence-corrected chi connectivity index (χ1v) is 10.1. The number of sulfone groups is 1. The van der Waals surface area contributed by atoms with Crippen molar-refractivity contribution in [1.82, 2.24) is 9.78 Å². The van der Waals surface area contributed by atoms with Crippen LogP contribution in [-0.2, 0) is 9.84 Å². The number of halogens is 7. The summed E-state index contributed by atoms with van der Waals surface area (Å²) in [7, 11) is -4.28. The van der Waals surface area contributed by atoms with E-state index in [2.05, 4.69) is 9.84 Å². The van der Waals surface area contributed by atoms with Gasteiger partial charge >= 0.3 is 6.36 Å². The molecule has 5 nitrogen and oxygen atoms in total. The molecule has 0 aliphatic heterocycles. The van der Waals surface area contributed by atoms with Gasteiger partial charge in [0.2, 0.25) is 0 Å². The highest BCUT2D eigenvalue weighted by atomic mass is 32.2. The van der Waals surface area contributed by atoms with Gasteiger partial charge in [-0.25, -0.2) is 30.7 Å². The van der Waals surface area contributed by atoms with Crippen molar-refractivity contribution in [2.45, 2.75) is 17.7 Å². The fourth-order valence-electron chi connectivity index (χ4n) is 2.78. The molecule has 0 aliphatic rings. The van der Waals surface area contributed by atoms with Crippen molar-refractivity contribution < 1.29 is 43.9 Å². The number of rotatable bonds is 5. The van der Waals surface area contributed by atoms with Crippen LogP contribution in [0.3, 0.4) is 0 Å². The van der Waals surface area contributed by atoms with Gasteiger partial charge in [-0.2, -0.15) is 5.10 Å². The van der Waals surface area contributed by atoms with Crippen molar-refractivity contribution in [2.24, 2.45) is 0 Å².